The number of ether oxygens (including phenoxy) is 10. The van der Waals surface area contributed by atoms with E-state index in [-0.39, 0.29) is 13.2 Å². The van der Waals surface area contributed by atoms with Crippen molar-refractivity contribution in [2.24, 2.45) is 0 Å². The highest BCUT2D eigenvalue weighted by atomic mass is 16.5. The van der Waals surface area contributed by atoms with Gasteiger partial charge in [-0.05, 0) is 329 Å². The van der Waals surface area contributed by atoms with Crippen LogP contribution in [0.3, 0.4) is 0 Å². The molecule has 20 heteroatoms. The van der Waals surface area contributed by atoms with Gasteiger partial charge in [0.2, 0.25) is 0 Å². The summed E-state index contributed by atoms with van der Waals surface area (Å²) >= 11 is 0. The fraction of sp³-hybridized carbons (Fsp3) is 0.530. The van der Waals surface area contributed by atoms with Crippen molar-refractivity contribution in [1.29, 1.82) is 0 Å². The maximum Gasteiger partial charge on any atom is 0.338 e. The molecule has 0 radical (unpaired) electrons. The van der Waals surface area contributed by atoms with Crippen LogP contribution in [0.1, 0.15) is 347 Å². The molecule has 135 heavy (non-hydrogen) atoms. The molecule has 4 heterocycles. The first-order valence-electron chi connectivity index (χ1n) is 52.0. The van der Waals surface area contributed by atoms with E-state index in [0.717, 1.165) is 197 Å². The summed E-state index contributed by atoms with van der Waals surface area (Å²) in [7, 11) is 0. The minimum Gasteiger partial charge on any atom is -0.494 e. The van der Waals surface area contributed by atoms with Gasteiger partial charge >= 0.3 is 11.9 Å². The molecule has 4 aromatic heterocycles. The summed E-state index contributed by atoms with van der Waals surface area (Å²) in [5.41, 5.74) is 9.39. The molecule has 6 aromatic carbocycles. The van der Waals surface area contributed by atoms with Gasteiger partial charge in [-0.2, -0.15) is 0 Å². The summed E-state index contributed by atoms with van der Waals surface area (Å²) in [5.74, 6) is 7.47. The van der Waals surface area contributed by atoms with Crippen LogP contribution < -0.4 is 37.9 Å². The van der Waals surface area contributed by atoms with E-state index in [1.54, 1.807) is 36.4 Å². The summed E-state index contributed by atoms with van der Waals surface area (Å²) in [6.45, 7) is 13.7. The molecule has 20 nitrogen and oxygen atoms in total. The van der Waals surface area contributed by atoms with Gasteiger partial charge < -0.3 is 47.4 Å². The minimum absolute atomic E-state index is 0.201. The van der Waals surface area contributed by atoms with E-state index in [4.69, 9.17) is 47.4 Å². The van der Waals surface area contributed by atoms with E-state index >= 15 is 0 Å². The Balaban J connectivity index is 0.643. The van der Waals surface area contributed by atoms with Gasteiger partial charge in [-0.15, -0.1) is 0 Å². The number of nitrogens with zero attached hydrogens (tertiary/aromatic N) is 8. The lowest BCUT2D eigenvalue weighted by Crippen LogP contribution is -2.10. The second-order valence-corrected chi connectivity index (χ2v) is 35.9. The maximum atomic E-state index is 13.7. The summed E-state index contributed by atoms with van der Waals surface area (Å²) in [6.07, 6.45) is 66.8. The SMILES string of the molecule is CCCCCCCCc1cnc(-c2ccc(OCCCCCCOc3ccc(C(=O)OCCCCCOC(=O)c4ccc(OCCCCCCOc5ccc(-c6ncc(CCCCCCCC)cn6)cc5)c(OCCCCCCOc5ccc(-c6ncc(CCCCCCCC)cn6)cc5)c4)cc3OCCCCCCOc3ccc(-c4ncc(CCCCCCCC)cn4)cc3)cc2)nc1. The van der Waals surface area contributed by atoms with E-state index in [9.17, 15) is 9.59 Å². The third-order valence-electron chi connectivity index (χ3n) is 24.4. The van der Waals surface area contributed by atoms with Crippen molar-refractivity contribution in [2.45, 2.75) is 329 Å². The quantitative estimate of drug-likeness (QED) is 0.0255. The molecule has 10 aromatic rings. The van der Waals surface area contributed by atoms with Crippen molar-refractivity contribution < 1.29 is 57.0 Å². The number of rotatable bonds is 76. The van der Waals surface area contributed by atoms with Gasteiger partial charge in [0, 0.05) is 71.8 Å². The fourth-order valence-corrected chi connectivity index (χ4v) is 16.1. The van der Waals surface area contributed by atoms with E-state index in [2.05, 4.69) is 67.6 Å². The van der Waals surface area contributed by atoms with Gasteiger partial charge in [-0.1, -0.05) is 156 Å². The largest absolute Gasteiger partial charge is 0.494 e. The van der Waals surface area contributed by atoms with Crippen molar-refractivity contribution in [2.75, 3.05) is 66.1 Å². The van der Waals surface area contributed by atoms with Gasteiger partial charge in [-0.25, -0.2) is 49.5 Å². The number of unbranched alkanes of at least 4 members (excludes halogenated alkanes) is 34. The summed E-state index contributed by atoms with van der Waals surface area (Å²) < 4.78 is 61.8. The molecule has 10 rings (SSSR count). The zero-order chi connectivity index (χ0) is 94.1. The molecule has 0 aliphatic rings. The number of aryl methyl sites for hydroxylation is 4. The molecular weight excluding hydrogens is 1690 g/mol. The first-order chi connectivity index (χ1) is 66.7. The lowest BCUT2D eigenvalue weighted by molar-refractivity contribution is 0.0477. The van der Waals surface area contributed by atoms with Gasteiger partial charge in [0.15, 0.2) is 46.3 Å². The third-order valence-corrected chi connectivity index (χ3v) is 24.4. The van der Waals surface area contributed by atoms with Crippen molar-refractivity contribution in [3.63, 3.8) is 0 Å². The molecule has 0 atom stereocenters. The van der Waals surface area contributed by atoms with Crippen LogP contribution in [0.4, 0.5) is 0 Å². The fourth-order valence-electron chi connectivity index (χ4n) is 16.1. The predicted octanol–water partition coefficient (Wildman–Crippen LogP) is 29.4. The van der Waals surface area contributed by atoms with E-state index in [0.29, 0.717) is 106 Å². The summed E-state index contributed by atoms with van der Waals surface area (Å²) in [4.78, 5) is 64.7. The van der Waals surface area contributed by atoms with Crippen molar-refractivity contribution >= 4 is 11.9 Å². The van der Waals surface area contributed by atoms with E-state index in [1.807, 2.05) is 147 Å². The molecule has 0 amide bonds. The van der Waals surface area contributed by atoms with Crippen LogP contribution in [-0.4, -0.2) is 118 Å². The average molecular weight is 1840 g/mol. The zero-order valence-electron chi connectivity index (χ0n) is 82.1. The zero-order valence-corrected chi connectivity index (χ0v) is 82.1. The number of carbonyl (C=O) groups is 2. The Morgan fingerprint density at radius 3 is 0.630 bits per heavy atom. The smallest absolute Gasteiger partial charge is 0.338 e. The highest BCUT2D eigenvalue weighted by molar-refractivity contribution is 5.91. The number of esters is 2. The number of carbonyl (C=O) groups excluding carboxylic acids is 2. The first-order valence-corrected chi connectivity index (χ1v) is 52.0. The first kappa shape index (κ1) is 106. The van der Waals surface area contributed by atoms with Gasteiger partial charge in [0.05, 0.1) is 77.2 Å². The Labute approximate surface area is 807 Å². The molecule has 728 valence electrons. The van der Waals surface area contributed by atoms with Crippen LogP contribution in [0.15, 0.2) is 183 Å². The monoisotopic (exact) mass is 1840 g/mol. The van der Waals surface area contributed by atoms with Crippen LogP contribution in [0.5, 0.6) is 46.0 Å². The highest BCUT2D eigenvalue weighted by Crippen LogP contribution is 2.34. The lowest BCUT2D eigenvalue weighted by Gasteiger charge is -2.15. The normalized spacial score (nSPS) is 11.2. The molecule has 0 fully saturated rings. The Kier molecular flexibility index (Phi) is 52.2. The van der Waals surface area contributed by atoms with E-state index in [1.165, 1.54) is 176 Å². The molecule has 0 bridgehead atoms. The topological polar surface area (TPSA) is 230 Å². The second kappa shape index (κ2) is 66.4. The molecule has 0 unspecified atom stereocenters. The molecule has 0 aliphatic carbocycles. The van der Waals surface area contributed by atoms with Crippen LogP contribution in [0.25, 0.3) is 45.6 Å². The summed E-state index contributed by atoms with van der Waals surface area (Å²) in [6, 6.07) is 42.7. The molecule has 0 N–H and O–H groups in total. The second-order valence-electron chi connectivity index (χ2n) is 35.9. The molecular formula is C115H156N8O12. The van der Waals surface area contributed by atoms with Gasteiger partial charge in [-0.3, -0.25) is 0 Å². The highest BCUT2D eigenvalue weighted by Gasteiger charge is 2.18. The van der Waals surface area contributed by atoms with Crippen molar-refractivity contribution in [3.8, 4) is 91.5 Å². The standard InChI is InChI=1S/C115H156N8O12/c1-5-9-13-17-21-34-48-92-84-116-110(117-85-92)96-52-62-102(63-53-96)126-72-38-25-29-42-76-130-106-70-60-100(82-108(106)132-78-44-31-27-40-74-128-104-66-56-98(57-67-104)112-120-88-94(89-121-112)50-36-23-19-15-11-7-3)114(124)134-80-46-33-47-81-135-115(125)101-61-71-107(131-77-43-30-26-39-73-127-103-64-54-97(55-65-103)111-118-86-93(87-119-111)49-35-22-18-14-10-6-2)109(83-101)133-79-45-32-28-41-75-129-105-68-58-99(59-69-105)113-122-90-95(91-123-113)51-37-24-20-16-12-8-4/h52-71,82-91H,5-51,72-81H2,1-4H3. The van der Waals surface area contributed by atoms with Crippen molar-refractivity contribution in [1.82, 2.24) is 39.9 Å². The predicted molar refractivity (Wildman–Crippen MR) is 543 cm³/mol. The Bertz CT molecular complexity index is 4470. The Hall–Kier alpha value is -11.0. The third kappa shape index (κ3) is 42.8. The number of benzene rings is 6. The molecule has 0 saturated heterocycles. The molecule has 0 spiro atoms. The Morgan fingerprint density at radius 1 is 0.200 bits per heavy atom. The van der Waals surface area contributed by atoms with Crippen LogP contribution in [0, 0.1) is 0 Å². The molecule has 0 saturated carbocycles. The summed E-state index contributed by atoms with van der Waals surface area (Å²) in [5, 5.41) is 0. The Morgan fingerprint density at radius 2 is 0.393 bits per heavy atom. The maximum absolute atomic E-state index is 13.7. The molecule has 0 aliphatic heterocycles. The van der Waals surface area contributed by atoms with Gasteiger partial charge in [0.1, 0.15) is 23.0 Å². The number of aromatic nitrogens is 8. The van der Waals surface area contributed by atoms with Crippen LogP contribution >= 0.6 is 0 Å². The van der Waals surface area contributed by atoms with Crippen LogP contribution in [0.2, 0.25) is 0 Å². The number of hydrogen-bond donors (Lipinski definition) is 0. The van der Waals surface area contributed by atoms with Gasteiger partial charge in [0.25, 0.3) is 0 Å². The minimum atomic E-state index is -0.448. The van der Waals surface area contributed by atoms with Crippen molar-refractivity contribution in [3.05, 3.63) is 216 Å². The lowest BCUT2D eigenvalue weighted by atomic mass is 10.1. The average Bonchev–Trinajstić information content (AvgIpc) is 0.817. The van der Waals surface area contributed by atoms with E-state index < -0.39 is 11.9 Å². The van der Waals surface area contributed by atoms with Crippen LogP contribution in [-0.2, 0) is 35.2 Å². The number of hydrogen-bond acceptors (Lipinski definition) is 20.